The van der Waals surface area contributed by atoms with Crippen LogP contribution in [0.15, 0.2) is 24.3 Å². The topological polar surface area (TPSA) is 168 Å². The number of hydrogen-bond acceptors (Lipinski definition) is 9. The second-order valence-electron chi connectivity index (χ2n) is 8.52. The Kier molecular flexibility index (Phi) is 11.5. The van der Waals surface area contributed by atoms with Crippen molar-refractivity contribution in [3.63, 3.8) is 0 Å². The maximum absolute atomic E-state index is 11.3. The molecule has 0 spiro atoms. The minimum absolute atomic E-state index is 0.0191. The molecule has 194 valence electrons. The van der Waals surface area contributed by atoms with E-state index in [0.717, 1.165) is 5.56 Å². The van der Waals surface area contributed by atoms with Crippen molar-refractivity contribution in [1.82, 2.24) is 19.6 Å². The molecular weight excluding hydrogens is 462 g/mol. The van der Waals surface area contributed by atoms with Gasteiger partial charge in [0.25, 0.3) is 5.69 Å². The second kappa shape index (κ2) is 14.3. The Morgan fingerprint density at radius 2 is 1.03 bits per heavy atom. The molecule has 1 heterocycles. The van der Waals surface area contributed by atoms with Crippen LogP contribution in [-0.2, 0) is 20.8 Å². The quantitative estimate of drug-likeness (QED) is 0.284. The van der Waals surface area contributed by atoms with Gasteiger partial charge in [0.15, 0.2) is 0 Å². The number of nitro benzene ring substituents is 1. The van der Waals surface area contributed by atoms with E-state index in [1.807, 2.05) is 0 Å². The zero-order valence-corrected chi connectivity index (χ0v) is 19.6. The summed E-state index contributed by atoms with van der Waals surface area (Å²) < 4.78 is 0. The summed E-state index contributed by atoms with van der Waals surface area (Å²) in [7, 11) is 0. The van der Waals surface area contributed by atoms with E-state index in [9.17, 15) is 39.8 Å². The van der Waals surface area contributed by atoms with Crippen LogP contribution in [0.3, 0.4) is 0 Å². The molecule has 1 aliphatic heterocycles. The number of rotatable bonds is 10. The molecular formula is C22H33N5O8. The van der Waals surface area contributed by atoms with Gasteiger partial charge in [-0.05, 0) is 12.0 Å². The monoisotopic (exact) mass is 495 g/mol. The lowest BCUT2D eigenvalue weighted by atomic mass is 10.1. The van der Waals surface area contributed by atoms with Crippen LogP contribution in [0.1, 0.15) is 5.56 Å². The van der Waals surface area contributed by atoms with E-state index in [-0.39, 0.29) is 25.3 Å². The van der Waals surface area contributed by atoms with Crippen molar-refractivity contribution in [3.05, 3.63) is 39.9 Å². The van der Waals surface area contributed by atoms with Crippen molar-refractivity contribution in [2.24, 2.45) is 0 Å². The molecule has 2 rings (SSSR count). The Morgan fingerprint density at radius 1 is 0.686 bits per heavy atom. The van der Waals surface area contributed by atoms with Gasteiger partial charge in [0.2, 0.25) is 0 Å². The van der Waals surface area contributed by atoms with Gasteiger partial charge < -0.3 is 20.2 Å². The smallest absolute Gasteiger partial charge is 0.317 e. The normalized spacial score (nSPS) is 17.8. The molecule has 1 aromatic carbocycles. The number of hydrogen-bond donors (Lipinski definition) is 3. The molecule has 0 unspecified atom stereocenters. The SMILES string of the molecule is O=C(O)CN1CCN(CCc2ccc([N+](=O)[O-])cc2)CCN(CC(=O)O)CCN(CC(=O)O)CC1. The number of non-ortho nitro benzene ring substituents is 1. The van der Waals surface area contributed by atoms with Crippen LogP contribution in [-0.4, -0.2) is 136 Å². The molecule has 0 aromatic heterocycles. The van der Waals surface area contributed by atoms with Gasteiger partial charge in [-0.2, -0.15) is 0 Å². The predicted molar refractivity (Wildman–Crippen MR) is 125 cm³/mol. The first-order valence-electron chi connectivity index (χ1n) is 11.4. The Hall–Kier alpha value is -3.13. The van der Waals surface area contributed by atoms with Gasteiger partial charge in [-0.15, -0.1) is 0 Å². The van der Waals surface area contributed by atoms with Crippen molar-refractivity contribution in [2.45, 2.75) is 6.42 Å². The Labute approximate surface area is 203 Å². The molecule has 0 saturated carbocycles. The highest BCUT2D eigenvalue weighted by molar-refractivity contribution is 5.69. The summed E-state index contributed by atoms with van der Waals surface area (Å²) >= 11 is 0. The fourth-order valence-corrected chi connectivity index (χ4v) is 3.92. The minimum Gasteiger partial charge on any atom is -0.480 e. The average Bonchev–Trinajstić information content (AvgIpc) is 2.77. The van der Waals surface area contributed by atoms with E-state index in [0.29, 0.717) is 65.3 Å². The van der Waals surface area contributed by atoms with Crippen molar-refractivity contribution < 1.29 is 34.6 Å². The lowest BCUT2D eigenvalue weighted by molar-refractivity contribution is -0.384. The summed E-state index contributed by atoms with van der Waals surface area (Å²) in [5.74, 6) is -2.93. The fourth-order valence-electron chi connectivity index (χ4n) is 3.92. The van der Waals surface area contributed by atoms with Gasteiger partial charge >= 0.3 is 17.9 Å². The van der Waals surface area contributed by atoms with Crippen LogP contribution in [0.2, 0.25) is 0 Å². The van der Waals surface area contributed by atoms with Crippen LogP contribution in [0, 0.1) is 10.1 Å². The third-order valence-corrected chi connectivity index (χ3v) is 5.87. The first-order chi connectivity index (χ1) is 16.6. The largest absolute Gasteiger partial charge is 0.480 e. The molecule has 13 nitrogen and oxygen atoms in total. The lowest BCUT2D eigenvalue weighted by Crippen LogP contribution is -2.48. The molecule has 0 aliphatic carbocycles. The third kappa shape index (κ3) is 11.2. The number of carbonyl (C=O) groups is 3. The van der Waals surface area contributed by atoms with Crippen LogP contribution in [0.4, 0.5) is 5.69 Å². The fraction of sp³-hybridized carbons (Fsp3) is 0.591. The van der Waals surface area contributed by atoms with Gasteiger partial charge in [-0.25, -0.2) is 0 Å². The molecule has 1 saturated heterocycles. The molecule has 1 aliphatic rings. The van der Waals surface area contributed by atoms with Crippen LogP contribution >= 0.6 is 0 Å². The summed E-state index contributed by atoms with van der Waals surface area (Å²) in [5, 5.41) is 38.7. The van der Waals surface area contributed by atoms with Crippen molar-refractivity contribution in [2.75, 3.05) is 78.5 Å². The molecule has 0 amide bonds. The number of aliphatic carboxylic acids is 3. The van der Waals surface area contributed by atoms with Crippen LogP contribution in [0.5, 0.6) is 0 Å². The van der Waals surface area contributed by atoms with E-state index >= 15 is 0 Å². The van der Waals surface area contributed by atoms with Gasteiger partial charge in [0, 0.05) is 71.0 Å². The number of carboxylic acids is 3. The van der Waals surface area contributed by atoms with Gasteiger partial charge in [0.05, 0.1) is 24.6 Å². The summed E-state index contributed by atoms with van der Waals surface area (Å²) in [5.41, 5.74) is 0.946. The molecule has 1 aromatic rings. The van der Waals surface area contributed by atoms with Gasteiger partial charge in [-0.1, -0.05) is 12.1 Å². The summed E-state index contributed by atoms with van der Waals surface area (Å²) in [4.78, 5) is 51.7. The first-order valence-corrected chi connectivity index (χ1v) is 11.4. The number of nitro groups is 1. The molecule has 0 atom stereocenters. The van der Waals surface area contributed by atoms with E-state index in [4.69, 9.17) is 0 Å². The van der Waals surface area contributed by atoms with E-state index in [1.165, 1.54) is 12.1 Å². The average molecular weight is 496 g/mol. The molecule has 3 N–H and O–H groups in total. The minimum atomic E-state index is -0.996. The number of nitrogens with zero attached hydrogens (tertiary/aromatic N) is 5. The Bertz CT molecular complexity index is 834. The summed E-state index contributed by atoms with van der Waals surface area (Å²) in [6.07, 6.45) is 0.627. The van der Waals surface area contributed by atoms with E-state index in [2.05, 4.69) is 4.90 Å². The molecule has 35 heavy (non-hydrogen) atoms. The molecule has 1 fully saturated rings. The highest BCUT2D eigenvalue weighted by atomic mass is 16.6. The molecule has 0 radical (unpaired) electrons. The second-order valence-corrected chi connectivity index (χ2v) is 8.52. The van der Waals surface area contributed by atoms with Crippen molar-refractivity contribution >= 4 is 23.6 Å². The number of benzene rings is 1. The Balaban J connectivity index is 2.10. The standard InChI is InChI=1S/C22H33N5O8/c28-20(29)15-24-9-7-23(6-5-18-1-3-19(4-2-18)27(34)35)8-10-25(16-21(30)31)12-14-26(13-11-24)17-22(32)33/h1-4H,5-17H2,(H,28,29)(H,30,31)(H,32,33). The van der Waals surface area contributed by atoms with E-state index in [1.54, 1.807) is 26.8 Å². The van der Waals surface area contributed by atoms with Gasteiger partial charge in [-0.3, -0.25) is 39.2 Å². The number of carboxylic acid groups (broad SMARTS) is 3. The third-order valence-electron chi connectivity index (χ3n) is 5.87. The highest BCUT2D eigenvalue weighted by Crippen LogP contribution is 2.13. The Morgan fingerprint density at radius 3 is 1.34 bits per heavy atom. The van der Waals surface area contributed by atoms with Crippen LogP contribution < -0.4 is 0 Å². The van der Waals surface area contributed by atoms with Crippen LogP contribution in [0.25, 0.3) is 0 Å². The van der Waals surface area contributed by atoms with Crippen molar-refractivity contribution in [3.8, 4) is 0 Å². The molecule has 13 heteroatoms. The summed E-state index contributed by atoms with van der Waals surface area (Å²) in [6, 6.07) is 6.33. The predicted octanol–water partition coefficient (Wildman–Crippen LogP) is -0.387. The molecule has 0 bridgehead atoms. The maximum atomic E-state index is 11.3. The zero-order chi connectivity index (χ0) is 25.8. The maximum Gasteiger partial charge on any atom is 0.317 e. The van der Waals surface area contributed by atoms with Crippen molar-refractivity contribution in [1.29, 1.82) is 0 Å². The zero-order valence-electron chi connectivity index (χ0n) is 19.6. The lowest BCUT2D eigenvalue weighted by Gasteiger charge is -2.33. The van der Waals surface area contributed by atoms with E-state index < -0.39 is 22.8 Å². The first kappa shape index (κ1) is 28.1. The highest BCUT2D eigenvalue weighted by Gasteiger charge is 2.20. The summed E-state index contributed by atoms with van der Waals surface area (Å²) in [6.45, 7) is 3.51. The van der Waals surface area contributed by atoms with Gasteiger partial charge in [0.1, 0.15) is 0 Å².